The molecule has 1 heterocycles. The predicted molar refractivity (Wildman–Crippen MR) is 104 cm³/mol. The molecule has 2 fully saturated rings. The summed E-state index contributed by atoms with van der Waals surface area (Å²) in [6, 6.07) is 9.58. The lowest BCUT2D eigenvalue weighted by Crippen LogP contribution is -3.08. The highest BCUT2D eigenvalue weighted by Gasteiger charge is 2.21. The Morgan fingerprint density at radius 2 is 1.71 bits per heavy atom. The van der Waals surface area contributed by atoms with Crippen molar-refractivity contribution in [2.75, 3.05) is 13.1 Å². The first-order valence-electron chi connectivity index (χ1n) is 9.66. The van der Waals surface area contributed by atoms with Gasteiger partial charge in [0.05, 0.1) is 13.1 Å². The van der Waals surface area contributed by atoms with E-state index >= 15 is 0 Å². The summed E-state index contributed by atoms with van der Waals surface area (Å²) < 4.78 is 0. The summed E-state index contributed by atoms with van der Waals surface area (Å²) in [5, 5.41) is 7.69. The maximum absolute atomic E-state index is 5.48. The van der Waals surface area contributed by atoms with Crippen LogP contribution in [-0.4, -0.2) is 24.2 Å². The fourth-order valence-electron chi connectivity index (χ4n) is 4.05. The summed E-state index contributed by atoms with van der Waals surface area (Å²) in [5.74, 6) is 0.728. The summed E-state index contributed by atoms with van der Waals surface area (Å²) in [6.07, 6.45) is 8.04. The molecule has 1 aromatic carbocycles. The Balaban J connectivity index is 1.41. The summed E-state index contributed by atoms with van der Waals surface area (Å²) in [5.41, 5.74) is 2.75. The van der Waals surface area contributed by atoms with E-state index < -0.39 is 0 Å². The standard InChI is InChI=1S/C20H31N3S/c1-16-6-2-3-7-19(16)22-20(24)21-14-17-8-10-18(11-9-17)15-23-12-4-5-13-23/h8-11,16,19H,2-7,12-15H2,1H3,(H2,21,22,24)/p+1/t16-,19+/m0/s1. The molecule has 3 nitrogen and oxygen atoms in total. The molecule has 0 bridgehead atoms. The lowest BCUT2D eigenvalue weighted by molar-refractivity contribution is -0.901. The fraction of sp³-hybridized carbons (Fsp3) is 0.650. The van der Waals surface area contributed by atoms with Crippen molar-refractivity contribution in [2.45, 2.75) is 64.6 Å². The molecule has 0 spiro atoms. The zero-order chi connectivity index (χ0) is 16.8. The number of likely N-dealkylation sites (tertiary alicyclic amines) is 1. The van der Waals surface area contributed by atoms with Gasteiger partial charge in [0.15, 0.2) is 5.11 Å². The second-order valence-corrected chi connectivity index (χ2v) is 8.05. The molecule has 0 radical (unpaired) electrons. The zero-order valence-corrected chi connectivity index (χ0v) is 15.8. The van der Waals surface area contributed by atoms with E-state index in [2.05, 4.69) is 41.8 Å². The average Bonchev–Trinajstić information content (AvgIpc) is 3.09. The monoisotopic (exact) mass is 346 g/mol. The fourth-order valence-corrected chi connectivity index (χ4v) is 4.27. The van der Waals surface area contributed by atoms with Gasteiger partial charge in [-0.1, -0.05) is 44.0 Å². The van der Waals surface area contributed by atoms with E-state index in [9.17, 15) is 0 Å². The van der Waals surface area contributed by atoms with Crippen molar-refractivity contribution in [3.63, 3.8) is 0 Å². The SMILES string of the molecule is C[C@H]1CCCC[C@H]1NC(=S)NCc1ccc(C[NH+]2CCCC2)cc1. The number of thiocarbonyl (C=S) groups is 1. The minimum absolute atomic E-state index is 0.546. The van der Waals surface area contributed by atoms with Crippen LogP contribution < -0.4 is 15.5 Å². The Morgan fingerprint density at radius 1 is 1.04 bits per heavy atom. The third kappa shape index (κ3) is 5.18. The highest BCUT2D eigenvalue weighted by Crippen LogP contribution is 2.23. The van der Waals surface area contributed by atoms with E-state index in [0.717, 1.165) is 17.6 Å². The largest absolute Gasteiger partial charge is 0.360 e. The second-order valence-electron chi connectivity index (χ2n) is 7.65. The molecule has 1 aliphatic carbocycles. The molecule has 1 saturated carbocycles. The average molecular weight is 347 g/mol. The Kier molecular flexibility index (Phi) is 6.50. The Hall–Kier alpha value is -1.13. The van der Waals surface area contributed by atoms with Crippen LogP contribution in [0.25, 0.3) is 0 Å². The van der Waals surface area contributed by atoms with Gasteiger partial charge in [-0.05, 0) is 36.5 Å². The number of hydrogen-bond acceptors (Lipinski definition) is 1. The van der Waals surface area contributed by atoms with Gasteiger partial charge in [0, 0.05) is 31.0 Å². The molecule has 3 rings (SSSR count). The molecule has 24 heavy (non-hydrogen) atoms. The van der Waals surface area contributed by atoms with Crippen LogP contribution in [0.3, 0.4) is 0 Å². The summed E-state index contributed by atoms with van der Waals surface area (Å²) in [4.78, 5) is 1.73. The van der Waals surface area contributed by atoms with Gasteiger partial charge in [0.2, 0.25) is 0 Å². The van der Waals surface area contributed by atoms with Gasteiger partial charge in [-0.15, -0.1) is 0 Å². The van der Waals surface area contributed by atoms with Crippen molar-refractivity contribution in [1.29, 1.82) is 0 Å². The van der Waals surface area contributed by atoms with E-state index in [1.165, 1.54) is 69.3 Å². The minimum atomic E-state index is 0.546. The van der Waals surface area contributed by atoms with Crippen molar-refractivity contribution in [2.24, 2.45) is 5.92 Å². The number of nitrogens with one attached hydrogen (secondary N) is 3. The third-order valence-electron chi connectivity index (χ3n) is 5.67. The number of quaternary nitrogens is 1. The molecule has 3 N–H and O–H groups in total. The quantitative estimate of drug-likeness (QED) is 0.715. The molecule has 1 saturated heterocycles. The molecule has 4 heteroatoms. The van der Waals surface area contributed by atoms with Crippen molar-refractivity contribution in [3.8, 4) is 0 Å². The third-order valence-corrected chi connectivity index (χ3v) is 5.93. The second kappa shape index (κ2) is 8.82. The van der Waals surface area contributed by atoms with Crippen LogP contribution in [0.2, 0.25) is 0 Å². The first-order chi connectivity index (χ1) is 11.7. The smallest absolute Gasteiger partial charge is 0.166 e. The Bertz CT molecular complexity index is 522. The van der Waals surface area contributed by atoms with Crippen LogP contribution in [-0.2, 0) is 13.1 Å². The van der Waals surface area contributed by atoms with Crippen LogP contribution in [0.5, 0.6) is 0 Å². The molecule has 0 amide bonds. The molecular weight excluding hydrogens is 314 g/mol. The molecule has 1 aromatic rings. The number of hydrogen-bond donors (Lipinski definition) is 3. The number of rotatable bonds is 5. The van der Waals surface area contributed by atoms with Crippen LogP contribution in [0.15, 0.2) is 24.3 Å². The molecular formula is C20H32N3S+. The molecule has 1 aliphatic heterocycles. The van der Waals surface area contributed by atoms with Gasteiger partial charge in [-0.25, -0.2) is 0 Å². The van der Waals surface area contributed by atoms with E-state index in [4.69, 9.17) is 12.2 Å². The topological polar surface area (TPSA) is 28.5 Å². The van der Waals surface area contributed by atoms with Gasteiger partial charge in [0.25, 0.3) is 0 Å². The van der Waals surface area contributed by atoms with Crippen molar-refractivity contribution < 1.29 is 4.90 Å². The summed E-state index contributed by atoms with van der Waals surface area (Å²) >= 11 is 5.48. The zero-order valence-electron chi connectivity index (χ0n) is 14.9. The minimum Gasteiger partial charge on any atom is -0.360 e. The van der Waals surface area contributed by atoms with E-state index in [0.29, 0.717) is 6.04 Å². The molecule has 0 aromatic heterocycles. The maximum Gasteiger partial charge on any atom is 0.166 e. The highest BCUT2D eigenvalue weighted by molar-refractivity contribution is 7.80. The van der Waals surface area contributed by atoms with Crippen LogP contribution >= 0.6 is 12.2 Å². The predicted octanol–water partition coefficient (Wildman–Crippen LogP) is 2.41. The van der Waals surface area contributed by atoms with Crippen molar-refractivity contribution in [1.82, 2.24) is 10.6 Å². The highest BCUT2D eigenvalue weighted by atomic mass is 32.1. The number of benzene rings is 1. The van der Waals surface area contributed by atoms with E-state index in [-0.39, 0.29) is 0 Å². The van der Waals surface area contributed by atoms with E-state index in [1.54, 1.807) is 4.90 Å². The molecule has 0 unspecified atom stereocenters. The summed E-state index contributed by atoms with van der Waals surface area (Å²) in [6.45, 7) is 6.99. The lowest BCUT2D eigenvalue weighted by atomic mass is 9.86. The van der Waals surface area contributed by atoms with Gasteiger partial charge >= 0.3 is 0 Å². The molecule has 132 valence electrons. The van der Waals surface area contributed by atoms with Gasteiger partial charge in [-0.3, -0.25) is 0 Å². The molecule has 2 aliphatic rings. The van der Waals surface area contributed by atoms with Crippen molar-refractivity contribution in [3.05, 3.63) is 35.4 Å². The van der Waals surface area contributed by atoms with Gasteiger partial charge in [-0.2, -0.15) is 0 Å². The lowest BCUT2D eigenvalue weighted by Gasteiger charge is -2.30. The first-order valence-corrected chi connectivity index (χ1v) is 10.1. The van der Waals surface area contributed by atoms with Crippen LogP contribution in [0.1, 0.15) is 56.6 Å². The first kappa shape index (κ1) is 17.7. The van der Waals surface area contributed by atoms with E-state index in [1.807, 2.05) is 0 Å². The van der Waals surface area contributed by atoms with Gasteiger partial charge < -0.3 is 15.5 Å². The summed E-state index contributed by atoms with van der Waals surface area (Å²) in [7, 11) is 0. The Morgan fingerprint density at radius 3 is 2.42 bits per heavy atom. The van der Waals surface area contributed by atoms with Crippen molar-refractivity contribution >= 4 is 17.3 Å². The Labute approximate surface area is 152 Å². The van der Waals surface area contributed by atoms with Crippen LogP contribution in [0, 0.1) is 5.92 Å². The maximum atomic E-state index is 5.48. The molecule has 2 atom stereocenters. The van der Waals surface area contributed by atoms with Crippen LogP contribution in [0.4, 0.5) is 0 Å². The normalized spacial score (nSPS) is 24.7. The van der Waals surface area contributed by atoms with Gasteiger partial charge in [0.1, 0.15) is 6.54 Å².